The molecule has 9 heteroatoms. The second-order valence-corrected chi connectivity index (χ2v) is 9.92. The molecule has 148 valence electrons. The summed E-state index contributed by atoms with van der Waals surface area (Å²) in [7, 11) is -3.69. The Balaban J connectivity index is 1.56. The predicted molar refractivity (Wildman–Crippen MR) is 117 cm³/mol. The van der Waals surface area contributed by atoms with Gasteiger partial charge in [-0.3, -0.25) is 13.9 Å². The fraction of sp³-hybridized carbons (Fsp3) is 0.100. The van der Waals surface area contributed by atoms with Crippen molar-refractivity contribution >= 4 is 43.8 Å². The van der Waals surface area contributed by atoms with Crippen molar-refractivity contribution in [1.29, 1.82) is 0 Å². The van der Waals surface area contributed by atoms with Gasteiger partial charge in [-0.1, -0.05) is 29.8 Å². The van der Waals surface area contributed by atoms with Gasteiger partial charge in [0.05, 0.1) is 16.3 Å². The van der Waals surface area contributed by atoms with E-state index in [4.69, 9.17) is 0 Å². The van der Waals surface area contributed by atoms with Crippen LogP contribution in [0.2, 0.25) is 0 Å². The first kappa shape index (κ1) is 19.7. The second kappa shape index (κ2) is 8.02. The lowest BCUT2D eigenvalue weighted by atomic mass is 10.2. The number of nitrogens with one attached hydrogen (secondary N) is 1. The van der Waals surface area contributed by atoms with Crippen molar-refractivity contribution in [3.8, 4) is 0 Å². The third-order valence-corrected chi connectivity index (χ3v) is 7.44. The minimum Gasteiger partial charge on any atom is -0.278 e. The van der Waals surface area contributed by atoms with E-state index >= 15 is 0 Å². The number of hydrogen-bond donors (Lipinski definition) is 1. The van der Waals surface area contributed by atoms with Crippen LogP contribution < -0.4 is 10.3 Å². The van der Waals surface area contributed by atoms with Gasteiger partial charge in [0.1, 0.15) is 0 Å². The van der Waals surface area contributed by atoms with Crippen molar-refractivity contribution < 1.29 is 8.42 Å². The first-order valence-corrected chi connectivity index (χ1v) is 12.0. The SMILES string of the molecule is Cc1ccc(S(=O)(=O)Nc2ccccc2SCc2cc(=O)n3ccsc3n2)cc1. The number of aryl methyl sites for hydroxylation is 1. The number of aromatic nitrogens is 2. The maximum absolute atomic E-state index is 12.7. The first-order chi connectivity index (χ1) is 13.9. The van der Waals surface area contributed by atoms with E-state index in [9.17, 15) is 13.2 Å². The van der Waals surface area contributed by atoms with E-state index in [1.165, 1.54) is 33.6 Å². The van der Waals surface area contributed by atoms with E-state index < -0.39 is 10.0 Å². The Labute approximate surface area is 176 Å². The number of anilines is 1. The maximum atomic E-state index is 12.7. The Morgan fingerprint density at radius 1 is 1.14 bits per heavy atom. The minimum atomic E-state index is -3.69. The molecule has 1 N–H and O–H groups in total. The summed E-state index contributed by atoms with van der Waals surface area (Å²) in [6.07, 6.45) is 1.70. The summed E-state index contributed by atoms with van der Waals surface area (Å²) in [5, 5.41) is 1.82. The highest BCUT2D eigenvalue weighted by molar-refractivity contribution is 7.98. The number of nitrogens with zero attached hydrogens (tertiary/aromatic N) is 2. The highest BCUT2D eigenvalue weighted by Gasteiger charge is 2.16. The number of sulfonamides is 1. The molecule has 29 heavy (non-hydrogen) atoms. The zero-order valence-electron chi connectivity index (χ0n) is 15.4. The Hall–Kier alpha value is -2.62. The van der Waals surface area contributed by atoms with Crippen LogP contribution in [0.5, 0.6) is 0 Å². The van der Waals surface area contributed by atoms with Crippen molar-refractivity contribution in [2.24, 2.45) is 0 Å². The monoisotopic (exact) mass is 443 g/mol. The molecule has 0 saturated heterocycles. The number of benzene rings is 2. The first-order valence-electron chi connectivity index (χ1n) is 8.69. The number of fused-ring (bicyclic) bond motifs is 1. The van der Waals surface area contributed by atoms with Gasteiger partial charge in [0.15, 0.2) is 4.96 Å². The van der Waals surface area contributed by atoms with Crippen LogP contribution in [-0.4, -0.2) is 17.8 Å². The van der Waals surface area contributed by atoms with Gasteiger partial charge in [-0.05, 0) is 31.2 Å². The van der Waals surface area contributed by atoms with E-state index in [-0.39, 0.29) is 10.5 Å². The molecule has 2 aromatic heterocycles. The zero-order valence-corrected chi connectivity index (χ0v) is 17.9. The molecule has 0 radical (unpaired) electrons. The van der Waals surface area contributed by atoms with Crippen LogP contribution in [0.1, 0.15) is 11.3 Å². The Morgan fingerprint density at radius 3 is 2.69 bits per heavy atom. The summed E-state index contributed by atoms with van der Waals surface area (Å²) in [5.41, 5.74) is 2.01. The summed E-state index contributed by atoms with van der Waals surface area (Å²) in [5.74, 6) is 0.451. The molecule has 0 aliphatic carbocycles. The van der Waals surface area contributed by atoms with Gasteiger partial charge in [0, 0.05) is 28.3 Å². The van der Waals surface area contributed by atoms with Crippen LogP contribution in [0.4, 0.5) is 5.69 Å². The minimum absolute atomic E-state index is 0.125. The Kier molecular flexibility index (Phi) is 5.44. The van der Waals surface area contributed by atoms with Gasteiger partial charge in [0.25, 0.3) is 15.6 Å². The quantitative estimate of drug-likeness (QED) is 0.453. The summed E-state index contributed by atoms with van der Waals surface area (Å²) < 4.78 is 29.6. The van der Waals surface area contributed by atoms with Crippen molar-refractivity contribution in [2.45, 2.75) is 22.5 Å². The maximum Gasteiger partial charge on any atom is 0.261 e. The van der Waals surface area contributed by atoms with Crippen LogP contribution in [0.3, 0.4) is 0 Å². The van der Waals surface area contributed by atoms with Crippen LogP contribution in [0.15, 0.2) is 80.8 Å². The molecule has 4 rings (SSSR count). The van der Waals surface area contributed by atoms with Crippen LogP contribution in [0.25, 0.3) is 4.96 Å². The van der Waals surface area contributed by atoms with Gasteiger partial charge in [-0.15, -0.1) is 23.1 Å². The third-order valence-electron chi connectivity index (χ3n) is 4.19. The largest absolute Gasteiger partial charge is 0.278 e. The van der Waals surface area contributed by atoms with Gasteiger partial charge in [0.2, 0.25) is 0 Å². The van der Waals surface area contributed by atoms with Crippen molar-refractivity contribution in [1.82, 2.24) is 9.38 Å². The molecule has 2 heterocycles. The lowest BCUT2D eigenvalue weighted by molar-refractivity contribution is 0.601. The van der Waals surface area contributed by atoms with Crippen LogP contribution in [-0.2, 0) is 15.8 Å². The smallest absolute Gasteiger partial charge is 0.261 e. The van der Waals surface area contributed by atoms with Crippen molar-refractivity contribution in [3.63, 3.8) is 0 Å². The Bertz CT molecular complexity index is 1330. The summed E-state index contributed by atoms with van der Waals surface area (Å²) in [6.45, 7) is 1.91. The van der Waals surface area contributed by atoms with Gasteiger partial charge in [-0.25, -0.2) is 13.4 Å². The van der Waals surface area contributed by atoms with E-state index in [2.05, 4.69) is 9.71 Å². The summed E-state index contributed by atoms with van der Waals surface area (Å²) in [6, 6.07) is 15.4. The molecule has 0 aliphatic rings. The van der Waals surface area contributed by atoms with Crippen molar-refractivity contribution in [2.75, 3.05) is 4.72 Å². The Morgan fingerprint density at radius 2 is 1.90 bits per heavy atom. The average Bonchev–Trinajstić information content (AvgIpc) is 3.17. The molecule has 0 bridgehead atoms. The van der Waals surface area contributed by atoms with Crippen LogP contribution in [0, 0.1) is 6.92 Å². The number of para-hydroxylation sites is 1. The number of thioether (sulfide) groups is 1. The standard InChI is InChI=1S/C20H17N3O3S3/c1-14-6-8-16(9-7-14)29(25,26)22-17-4-2-3-5-18(17)28-13-15-12-19(24)23-10-11-27-20(23)21-15/h2-12,22H,13H2,1H3. The summed E-state index contributed by atoms with van der Waals surface area (Å²) in [4.78, 5) is 18.2. The fourth-order valence-corrected chi connectivity index (χ4v) is 5.50. The number of rotatable bonds is 6. The second-order valence-electron chi connectivity index (χ2n) is 6.34. The molecule has 0 unspecified atom stereocenters. The molecule has 0 aliphatic heterocycles. The molecule has 6 nitrogen and oxygen atoms in total. The van der Waals surface area contributed by atoms with E-state index in [0.717, 1.165) is 10.5 Å². The molecular formula is C20H17N3O3S3. The number of thiazole rings is 1. The highest BCUT2D eigenvalue weighted by atomic mass is 32.2. The average molecular weight is 444 g/mol. The zero-order chi connectivity index (χ0) is 20.4. The lowest BCUT2D eigenvalue weighted by Crippen LogP contribution is -2.14. The van der Waals surface area contributed by atoms with E-state index in [0.29, 0.717) is 22.1 Å². The van der Waals surface area contributed by atoms with Crippen LogP contribution >= 0.6 is 23.1 Å². The molecule has 0 amide bonds. The number of hydrogen-bond acceptors (Lipinski definition) is 6. The molecule has 0 spiro atoms. The molecule has 0 fully saturated rings. The predicted octanol–water partition coefficient (Wildman–Crippen LogP) is 4.16. The lowest BCUT2D eigenvalue weighted by Gasteiger charge is -2.12. The van der Waals surface area contributed by atoms with Gasteiger partial charge in [-0.2, -0.15) is 0 Å². The van der Waals surface area contributed by atoms with E-state index in [1.54, 1.807) is 42.6 Å². The molecule has 2 aromatic carbocycles. The van der Waals surface area contributed by atoms with Gasteiger partial charge >= 0.3 is 0 Å². The van der Waals surface area contributed by atoms with Gasteiger partial charge < -0.3 is 0 Å². The summed E-state index contributed by atoms with van der Waals surface area (Å²) >= 11 is 2.82. The highest BCUT2D eigenvalue weighted by Crippen LogP contribution is 2.31. The topological polar surface area (TPSA) is 80.5 Å². The molecule has 0 saturated carbocycles. The fourth-order valence-electron chi connectivity index (χ4n) is 2.71. The van der Waals surface area contributed by atoms with E-state index in [1.807, 2.05) is 24.4 Å². The normalized spacial score (nSPS) is 11.6. The molecule has 4 aromatic rings. The van der Waals surface area contributed by atoms with Crippen molar-refractivity contribution in [3.05, 3.63) is 87.8 Å². The molecular weight excluding hydrogens is 426 g/mol. The third kappa shape index (κ3) is 4.36. The molecule has 0 atom stereocenters.